The van der Waals surface area contributed by atoms with Crippen molar-refractivity contribution in [2.75, 3.05) is 7.11 Å². The first-order valence-electron chi connectivity index (χ1n) is 6.36. The summed E-state index contributed by atoms with van der Waals surface area (Å²) in [5.74, 6) is -0.615. The Morgan fingerprint density at radius 2 is 1.95 bits per heavy atom. The highest BCUT2D eigenvalue weighted by Gasteiger charge is 2.09. The topological polar surface area (TPSA) is 56.5 Å². The lowest BCUT2D eigenvalue weighted by atomic mass is 10.2. The molecule has 0 unspecified atom stereocenters. The van der Waals surface area contributed by atoms with Gasteiger partial charge in [0.15, 0.2) is 12.4 Å². The van der Waals surface area contributed by atoms with E-state index in [1.807, 2.05) is 29.1 Å². The first kappa shape index (κ1) is 18.4. The lowest BCUT2D eigenvalue weighted by Gasteiger charge is -2.02. The molecule has 1 aromatic heterocycles. The molecule has 1 rings (SSSR count). The van der Waals surface area contributed by atoms with Gasteiger partial charge in [-0.05, 0) is 18.9 Å². The zero-order valence-electron chi connectivity index (χ0n) is 11.8. The van der Waals surface area contributed by atoms with Gasteiger partial charge < -0.3 is 21.9 Å². The van der Waals surface area contributed by atoms with Crippen LogP contribution in [0.2, 0.25) is 0 Å². The number of esters is 2. The minimum atomic E-state index is -0.308. The van der Waals surface area contributed by atoms with Crippen LogP contribution in [0.3, 0.4) is 0 Å². The van der Waals surface area contributed by atoms with E-state index in [0.29, 0.717) is 6.42 Å². The minimum Gasteiger partial charge on any atom is -1.00 e. The summed E-state index contributed by atoms with van der Waals surface area (Å²) in [6.07, 6.45) is 5.65. The van der Waals surface area contributed by atoms with Crippen molar-refractivity contribution in [2.24, 2.45) is 0 Å². The Morgan fingerprint density at radius 1 is 1.25 bits per heavy atom. The first-order chi connectivity index (χ1) is 9.15. The highest BCUT2D eigenvalue weighted by molar-refractivity contribution is 5.72. The number of carbonyl (C=O) groups excluding carboxylic acids is 2. The quantitative estimate of drug-likeness (QED) is 0.449. The van der Waals surface area contributed by atoms with Crippen molar-refractivity contribution in [3.05, 3.63) is 30.1 Å². The number of pyridine rings is 1. The van der Waals surface area contributed by atoms with E-state index >= 15 is 0 Å². The molecule has 0 spiro atoms. The van der Waals surface area contributed by atoms with E-state index < -0.39 is 0 Å². The van der Waals surface area contributed by atoms with Gasteiger partial charge in [-0.3, -0.25) is 9.59 Å². The standard InChI is InChI=1S/C14H20NO4.ClH/c1-3-12-6-5-9-15(10-12)11-19-14(17)8-4-7-13(16)18-2;/h5-6,9-10H,3-4,7-8,11H2,1-2H3;1H/q+1;/p-1. The number of hydrogen-bond acceptors (Lipinski definition) is 4. The summed E-state index contributed by atoms with van der Waals surface area (Å²) in [4.78, 5) is 22.3. The van der Waals surface area contributed by atoms with Gasteiger partial charge in [0.1, 0.15) is 0 Å². The van der Waals surface area contributed by atoms with E-state index in [9.17, 15) is 9.59 Å². The SMILES string of the molecule is CCc1ccc[n+](COC(=O)CCCC(=O)OC)c1.[Cl-]. The predicted molar refractivity (Wildman–Crippen MR) is 68.0 cm³/mol. The van der Waals surface area contributed by atoms with Crippen LogP contribution in [0.25, 0.3) is 0 Å². The van der Waals surface area contributed by atoms with Crippen LogP contribution in [0.4, 0.5) is 0 Å². The average Bonchev–Trinajstić information content (AvgIpc) is 2.45. The maximum atomic E-state index is 11.5. The van der Waals surface area contributed by atoms with Crippen molar-refractivity contribution < 1.29 is 36.0 Å². The molecule has 0 amide bonds. The molecule has 1 aromatic rings. The summed E-state index contributed by atoms with van der Waals surface area (Å²) in [5.41, 5.74) is 1.18. The predicted octanol–water partition coefficient (Wildman–Crippen LogP) is -1.62. The van der Waals surface area contributed by atoms with Crippen molar-refractivity contribution in [1.29, 1.82) is 0 Å². The molecule has 0 aliphatic rings. The van der Waals surface area contributed by atoms with Gasteiger partial charge in [0.05, 0.1) is 7.11 Å². The maximum Gasteiger partial charge on any atom is 0.310 e. The fourth-order valence-electron chi connectivity index (χ4n) is 1.56. The Morgan fingerprint density at radius 3 is 2.60 bits per heavy atom. The molecule has 0 aliphatic carbocycles. The molecule has 1 heterocycles. The van der Waals surface area contributed by atoms with E-state index in [1.165, 1.54) is 12.7 Å². The van der Waals surface area contributed by atoms with Crippen LogP contribution in [0.15, 0.2) is 24.5 Å². The molecule has 5 nitrogen and oxygen atoms in total. The normalized spacial score (nSPS) is 9.50. The Bertz CT molecular complexity index is 437. The monoisotopic (exact) mass is 301 g/mol. The summed E-state index contributed by atoms with van der Waals surface area (Å²) >= 11 is 0. The number of aryl methyl sites for hydroxylation is 1. The Hall–Kier alpha value is -1.62. The second kappa shape index (κ2) is 10.2. The number of nitrogens with zero attached hydrogens (tertiary/aromatic N) is 1. The fraction of sp³-hybridized carbons (Fsp3) is 0.500. The van der Waals surface area contributed by atoms with Crippen molar-refractivity contribution in [3.8, 4) is 0 Å². The molecule has 0 bridgehead atoms. The molecule has 0 fully saturated rings. The number of halogens is 1. The summed E-state index contributed by atoms with van der Waals surface area (Å²) in [7, 11) is 1.33. The van der Waals surface area contributed by atoms with E-state index in [2.05, 4.69) is 11.7 Å². The van der Waals surface area contributed by atoms with Crippen LogP contribution < -0.4 is 17.0 Å². The van der Waals surface area contributed by atoms with Crippen LogP contribution in [0.5, 0.6) is 0 Å². The molecule has 0 saturated carbocycles. The third-order valence-electron chi connectivity index (χ3n) is 2.69. The molecule has 0 aliphatic heterocycles. The van der Waals surface area contributed by atoms with Crippen LogP contribution >= 0.6 is 0 Å². The number of ether oxygens (including phenoxy) is 2. The van der Waals surface area contributed by atoms with E-state index in [-0.39, 0.29) is 43.9 Å². The van der Waals surface area contributed by atoms with Gasteiger partial charge in [0.2, 0.25) is 0 Å². The van der Waals surface area contributed by atoms with Crippen LogP contribution in [-0.4, -0.2) is 19.0 Å². The second-order valence-corrected chi connectivity index (χ2v) is 4.16. The minimum absolute atomic E-state index is 0. The summed E-state index contributed by atoms with van der Waals surface area (Å²) in [5, 5.41) is 0. The van der Waals surface area contributed by atoms with Gasteiger partial charge in [-0.1, -0.05) is 6.92 Å². The highest BCUT2D eigenvalue weighted by Crippen LogP contribution is 1.99. The lowest BCUT2D eigenvalue weighted by Crippen LogP contribution is -3.00. The first-order valence-corrected chi connectivity index (χ1v) is 6.36. The van der Waals surface area contributed by atoms with Crippen LogP contribution in [0.1, 0.15) is 31.7 Å². The Labute approximate surface area is 125 Å². The summed E-state index contributed by atoms with van der Waals surface area (Å²) in [6, 6.07) is 3.94. The third-order valence-corrected chi connectivity index (χ3v) is 2.69. The molecule has 112 valence electrons. The van der Waals surface area contributed by atoms with Crippen molar-refractivity contribution in [1.82, 2.24) is 0 Å². The number of carbonyl (C=O) groups is 2. The lowest BCUT2D eigenvalue weighted by molar-refractivity contribution is -0.728. The second-order valence-electron chi connectivity index (χ2n) is 4.16. The molecule has 0 N–H and O–H groups in total. The molecule has 0 saturated heterocycles. The molecule has 0 atom stereocenters. The Balaban J connectivity index is 0.00000361. The highest BCUT2D eigenvalue weighted by atomic mass is 35.5. The van der Waals surface area contributed by atoms with E-state index in [4.69, 9.17) is 4.74 Å². The van der Waals surface area contributed by atoms with Crippen molar-refractivity contribution in [3.63, 3.8) is 0 Å². The molecule has 0 radical (unpaired) electrons. The summed E-state index contributed by atoms with van der Waals surface area (Å²) in [6.45, 7) is 2.27. The molecular formula is C14H20ClNO4. The van der Waals surface area contributed by atoms with E-state index in [0.717, 1.165) is 6.42 Å². The smallest absolute Gasteiger partial charge is 0.310 e. The molecule has 6 heteroatoms. The fourth-order valence-corrected chi connectivity index (χ4v) is 1.56. The van der Waals surface area contributed by atoms with Gasteiger partial charge in [-0.25, -0.2) is 0 Å². The van der Waals surface area contributed by atoms with Gasteiger partial charge in [0.25, 0.3) is 6.73 Å². The van der Waals surface area contributed by atoms with Crippen LogP contribution in [-0.2, 0) is 32.2 Å². The largest absolute Gasteiger partial charge is 1.00 e. The van der Waals surface area contributed by atoms with Gasteiger partial charge >= 0.3 is 11.9 Å². The zero-order valence-corrected chi connectivity index (χ0v) is 12.6. The number of methoxy groups -OCH3 is 1. The molecule has 0 aromatic carbocycles. The van der Waals surface area contributed by atoms with E-state index in [1.54, 1.807) is 0 Å². The number of hydrogen-bond donors (Lipinski definition) is 0. The zero-order chi connectivity index (χ0) is 14.1. The molecule has 20 heavy (non-hydrogen) atoms. The maximum absolute atomic E-state index is 11.5. The average molecular weight is 302 g/mol. The van der Waals surface area contributed by atoms with Crippen molar-refractivity contribution >= 4 is 11.9 Å². The Kier molecular flexibility index (Phi) is 9.38. The summed E-state index contributed by atoms with van der Waals surface area (Å²) < 4.78 is 11.4. The third kappa shape index (κ3) is 7.09. The van der Waals surface area contributed by atoms with Gasteiger partial charge in [-0.2, -0.15) is 4.57 Å². The van der Waals surface area contributed by atoms with Gasteiger partial charge in [-0.15, -0.1) is 0 Å². The number of aromatic nitrogens is 1. The van der Waals surface area contributed by atoms with Gasteiger partial charge in [0, 0.05) is 24.5 Å². The van der Waals surface area contributed by atoms with Crippen molar-refractivity contribution in [2.45, 2.75) is 39.3 Å². The number of rotatable bonds is 7. The molecular weight excluding hydrogens is 282 g/mol. The van der Waals surface area contributed by atoms with Crippen LogP contribution in [0, 0.1) is 0 Å².